The summed E-state index contributed by atoms with van der Waals surface area (Å²) in [5.74, 6) is 0. The van der Waals surface area contributed by atoms with Crippen molar-refractivity contribution in [3.63, 3.8) is 0 Å². The van der Waals surface area contributed by atoms with Crippen molar-refractivity contribution in [2.45, 2.75) is 12.8 Å². The molecule has 0 radical (unpaired) electrons. The number of benzene rings is 3. The Bertz CT molecular complexity index is 884. The first-order chi connectivity index (χ1) is 12.3. The molecule has 0 aliphatic heterocycles. The van der Waals surface area contributed by atoms with Crippen LogP contribution in [0, 0.1) is 12.1 Å². The van der Waals surface area contributed by atoms with Crippen molar-refractivity contribution in [1.29, 1.82) is 0 Å². The molecule has 0 nitrogen and oxygen atoms in total. The minimum Gasteiger partial charge on any atom is -0.183 e. The second-order valence-corrected chi connectivity index (χ2v) is 6.60. The average Bonchev–Trinajstić information content (AvgIpc) is 3.29. The van der Waals surface area contributed by atoms with Crippen molar-refractivity contribution in [2.75, 3.05) is 0 Å². The van der Waals surface area contributed by atoms with Crippen LogP contribution in [0.2, 0.25) is 0 Å². The number of allylic oxidation sites excluding steroid dienone is 1. The van der Waals surface area contributed by atoms with Gasteiger partial charge in [0.1, 0.15) is 0 Å². The number of fused-ring (bicyclic) bond motifs is 4. The molecule has 0 bridgehead atoms. The van der Waals surface area contributed by atoms with Gasteiger partial charge < -0.3 is 24.8 Å². The zero-order valence-corrected chi connectivity index (χ0v) is 20.7. The van der Waals surface area contributed by atoms with Crippen LogP contribution >= 0.6 is 24.8 Å². The molecule has 3 aromatic carbocycles. The molecule has 0 amide bonds. The maximum atomic E-state index is 4.17. The second kappa shape index (κ2) is 12.2. The largest absolute Gasteiger partial charge is 0.183 e. The molecule has 0 aromatic heterocycles. The van der Waals surface area contributed by atoms with E-state index in [1.54, 1.807) is 0 Å². The van der Waals surface area contributed by atoms with Gasteiger partial charge in [-0.3, -0.25) is 0 Å². The van der Waals surface area contributed by atoms with E-state index >= 15 is 0 Å². The van der Waals surface area contributed by atoms with Gasteiger partial charge in [0, 0.05) is 0 Å². The molecule has 5 heteroatoms. The Kier molecular flexibility index (Phi) is 11.1. The van der Waals surface area contributed by atoms with E-state index in [4.69, 9.17) is 0 Å². The van der Waals surface area contributed by atoms with Crippen molar-refractivity contribution in [3.8, 4) is 11.1 Å². The Morgan fingerprint density at radius 3 is 2.44 bits per heavy atom. The van der Waals surface area contributed by atoms with E-state index in [0.717, 1.165) is 35.5 Å². The van der Waals surface area contributed by atoms with E-state index < -0.39 is 0 Å². The molecule has 0 N–H and O–H groups in total. The summed E-state index contributed by atoms with van der Waals surface area (Å²) in [6.45, 7) is 0. The molecule has 27 heavy (non-hydrogen) atoms. The molecule has 0 unspecified atom stereocenters. The summed E-state index contributed by atoms with van der Waals surface area (Å²) in [4.78, 5) is 0. The Balaban J connectivity index is 0.000000237. The fourth-order valence-electron chi connectivity index (χ4n) is 3.18. The van der Waals surface area contributed by atoms with Crippen molar-refractivity contribution in [3.05, 3.63) is 99.5 Å². The number of hydrogen-bond donors (Lipinski definition) is 0. The first-order valence-electron chi connectivity index (χ1n) is 7.96. The summed E-state index contributed by atoms with van der Waals surface area (Å²) in [6, 6.07) is 25.1. The van der Waals surface area contributed by atoms with E-state index in [1.807, 2.05) is 18.2 Å². The molecule has 0 spiro atoms. The van der Waals surface area contributed by atoms with Gasteiger partial charge in [0.05, 0.1) is 0 Å². The molecule has 0 fully saturated rings. The van der Waals surface area contributed by atoms with Gasteiger partial charge in [0.25, 0.3) is 0 Å². The van der Waals surface area contributed by atoms with Gasteiger partial charge in [-0.2, -0.15) is 24.3 Å². The fourth-order valence-corrected chi connectivity index (χ4v) is 3.69. The molecule has 0 atom stereocenters. The van der Waals surface area contributed by atoms with Crippen LogP contribution in [0.1, 0.15) is 22.3 Å². The SMILES string of the molecule is Brc1cc[c-]c2c1CC=C2.[Cl-].[Cl-].[S]=[Zr+2].[c-]1ccc2c(c1)-c1ccccc1C2. The Morgan fingerprint density at radius 1 is 0.926 bits per heavy atom. The Morgan fingerprint density at radius 2 is 1.67 bits per heavy atom. The topological polar surface area (TPSA) is 0 Å². The minimum absolute atomic E-state index is 0. The quantitative estimate of drug-likeness (QED) is 0.287. The third-order valence-corrected chi connectivity index (χ3v) is 5.07. The molecule has 136 valence electrons. The maximum Gasteiger partial charge on any atom is -0.0249 e. The summed E-state index contributed by atoms with van der Waals surface area (Å²) >= 11 is 4.62. The molecule has 0 saturated carbocycles. The van der Waals surface area contributed by atoms with E-state index in [-0.39, 0.29) is 24.8 Å². The summed E-state index contributed by atoms with van der Waals surface area (Å²) in [7, 11) is 4.17. The summed E-state index contributed by atoms with van der Waals surface area (Å²) in [5, 5.41) is 0. The number of hydrogen-bond acceptors (Lipinski definition) is 1. The molecule has 3 aromatic rings. The standard InChI is InChI=1S/C13H9.C9H6Br.2ClH.S.Zr/c1-3-7-12-10(5-1)9-11-6-2-4-8-13(11)12;10-9-6-2-4-7-3-1-5-8(7)9;;;;/h1-3,5-8H,9H2;1-3,6H,5H2;2*1H;;/q2*-1;;;;+2/p-2. The van der Waals surface area contributed by atoms with Crippen molar-refractivity contribution in [1.82, 2.24) is 0 Å². The van der Waals surface area contributed by atoms with Gasteiger partial charge >= 0.3 is 31.5 Å². The van der Waals surface area contributed by atoms with E-state index in [1.165, 1.54) is 37.9 Å². The number of rotatable bonds is 0. The van der Waals surface area contributed by atoms with Crippen LogP contribution in [0.3, 0.4) is 0 Å². The first-order valence-corrected chi connectivity index (χ1v) is 12.2. The summed E-state index contributed by atoms with van der Waals surface area (Å²) in [6.07, 6.45) is 6.40. The Hall–Kier alpha value is -0.437. The van der Waals surface area contributed by atoms with Crippen LogP contribution < -0.4 is 24.8 Å². The zero-order chi connectivity index (χ0) is 17.6. The van der Waals surface area contributed by atoms with Crippen LogP contribution in [0.5, 0.6) is 0 Å². The van der Waals surface area contributed by atoms with Gasteiger partial charge in [-0.15, -0.1) is 52.6 Å². The summed E-state index contributed by atoms with van der Waals surface area (Å²) < 4.78 is 1.20. The van der Waals surface area contributed by atoms with Crippen molar-refractivity contribution in [2.24, 2.45) is 0 Å². The monoisotopic (exact) mass is 550 g/mol. The third kappa shape index (κ3) is 5.78. The molecule has 5 rings (SSSR count). The van der Waals surface area contributed by atoms with E-state index in [9.17, 15) is 0 Å². The van der Waals surface area contributed by atoms with Gasteiger partial charge in [0.2, 0.25) is 0 Å². The zero-order valence-electron chi connectivity index (χ0n) is 14.3. The fraction of sp³-hybridized carbons (Fsp3) is 0.0909. The molecule has 2 aliphatic rings. The van der Waals surface area contributed by atoms with Crippen LogP contribution in [-0.2, 0) is 35.5 Å². The molecular formula is C22H15BrCl2SZr-2. The van der Waals surface area contributed by atoms with Gasteiger partial charge in [-0.1, -0.05) is 62.2 Å². The van der Waals surface area contributed by atoms with E-state index in [2.05, 4.69) is 85.5 Å². The van der Waals surface area contributed by atoms with Crippen LogP contribution in [0.4, 0.5) is 0 Å². The Labute approximate surface area is 200 Å². The normalized spacial score (nSPS) is 11.2. The predicted molar refractivity (Wildman–Crippen MR) is 107 cm³/mol. The molecule has 0 heterocycles. The van der Waals surface area contributed by atoms with Crippen molar-refractivity contribution < 1.29 is 47.5 Å². The summed E-state index contributed by atoms with van der Waals surface area (Å²) in [5.41, 5.74) is 8.21. The third-order valence-electron chi connectivity index (χ3n) is 4.33. The first kappa shape index (κ1) is 24.6. The van der Waals surface area contributed by atoms with Crippen LogP contribution in [0.25, 0.3) is 17.2 Å². The van der Waals surface area contributed by atoms with Gasteiger partial charge in [0.15, 0.2) is 0 Å². The predicted octanol–water partition coefficient (Wildman–Crippen LogP) is 0.530. The van der Waals surface area contributed by atoms with Gasteiger partial charge in [-0.05, 0) is 6.42 Å². The minimum atomic E-state index is 0. The van der Waals surface area contributed by atoms with Crippen LogP contribution in [0.15, 0.2) is 65.1 Å². The maximum absolute atomic E-state index is 4.17. The molecular weight excluding hydrogens is 538 g/mol. The average molecular weight is 553 g/mol. The smallest absolute Gasteiger partial charge is 0.0249 e. The van der Waals surface area contributed by atoms with E-state index in [0.29, 0.717) is 0 Å². The molecule has 2 aliphatic carbocycles. The van der Waals surface area contributed by atoms with Crippen molar-refractivity contribution >= 4 is 30.9 Å². The number of halogens is 3. The van der Waals surface area contributed by atoms with Crippen LogP contribution in [-0.4, -0.2) is 0 Å². The second-order valence-electron chi connectivity index (χ2n) is 5.74. The van der Waals surface area contributed by atoms with Gasteiger partial charge in [-0.25, -0.2) is 0 Å². The molecule has 0 saturated heterocycles.